The van der Waals surface area contributed by atoms with Crippen molar-refractivity contribution in [2.75, 3.05) is 45.3 Å². The summed E-state index contributed by atoms with van der Waals surface area (Å²) in [6.45, 7) is 2.10. The van der Waals surface area contributed by atoms with Gasteiger partial charge in [0, 0.05) is 26.2 Å². The first-order valence-electron chi connectivity index (χ1n) is 9.93. The fourth-order valence-electron chi connectivity index (χ4n) is 3.55. The molecule has 1 aliphatic rings. The van der Waals surface area contributed by atoms with Crippen LogP contribution >= 0.6 is 0 Å². The van der Waals surface area contributed by atoms with E-state index in [2.05, 4.69) is 9.97 Å². The second-order valence-electron chi connectivity index (χ2n) is 7.12. The molecule has 8 heteroatoms. The van der Waals surface area contributed by atoms with Crippen molar-refractivity contribution in [1.29, 1.82) is 0 Å². The van der Waals surface area contributed by atoms with Gasteiger partial charge in [0.15, 0.2) is 5.82 Å². The molecule has 0 spiro atoms. The highest BCUT2D eigenvalue weighted by atomic mass is 19.1. The van der Waals surface area contributed by atoms with Gasteiger partial charge < -0.3 is 19.3 Å². The number of hydrogen-bond acceptors (Lipinski definition) is 6. The van der Waals surface area contributed by atoms with Crippen molar-refractivity contribution in [3.05, 3.63) is 66.2 Å². The molecule has 1 aromatic heterocycles. The Balaban J connectivity index is 1.43. The van der Waals surface area contributed by atoms with Gasteiger partial charge in [-0.15, -0.1) is 0 Å². The summed E-state index contributed by atoms with van der Waals surface area (Å²) < 4.78 is 25.1. The lowest BCUT2D eigenvalue weighted by Gasteiger charge is -2.35. The zero-order valence-corrected chi connectivity index (χ0v) is 17.4. The van der Waals surface area contributed by atoms with Crippen molar-refractivity contribution in [1.82, 2.24) is 14.9 Å². The molecule has 3 aromatic rings. The smallest absolute Gasteiger partial charge is 0.256 e. The Labute approximate surface area is 180 Å². The summed E-state index contributed by atoms with van der Waals surface area (Å²) in [5.74, 6) is 1.03. The fraction of sp³-hybridized carbons (Fsp3) is 0.261. The van der Waals surface area contributed by atoms with E-state index in [1.807, 2.05) is 29.2 Å². The van der Waals surface area contributed by atoms with Gasteiger partial charge in [0.1, 0.15) is 11.6 Å². The molecule has 2 aromatic carbocycles. The second-order valence-corrected chi connectivity index (χ2v) is 7.12. The second kappa shape index (κ2) is 8.99. The first-order valence-corrected chi connectivity index (χ1v) is 9.93. The van der Waals surface area contributed by atoms with E-state index in [0.717, 1.165) is 11.3 Å². The van der Waals surface area contributed by atoms with Crippen LogP contribution in [-0.4, -0.2) is 61.2 Å². The lowest BCUT2D eigenvalue weighted by molar-refractivity contribution is 0.0741. The van der Waals surface area contributed by atoms with Crippen LogP contribution in [0.3, 0.4) is 0 Å². The molecule has 1 fully saturated rings. The van der Waals surface area contributed by atoms with Gasteiger partial charge in [-0.05, 0) is 35.4 Å². The summed E-state index contributed by atoms with van der Waals surface area (Å²) in [6.07, 6.45) is 3.21. The Kier molecular flexibility index (Phi) is 5.97. The topological polar surface area (TPSA) is 67.8 Å². The fourth-order valence-corrected chi connectivity index (χ4v) is 3.55. The zero-order valence-electron chi connectivity index (χ0n) is 17.4. The Morgan fingerprint density at radius 2 is 1.65 bits per heavy atom. The molecule has 0 N–H and O–H groups in total. The number of piperazine rings is 1. The van der Waals surface area contributed by atoms with Gasteiger partial charge in [0.25, 0.3) is 5.91 Å². The van der Waals surface area contributed by atoms with Gasteiger partial charge in [-0.2, -0.15) is 4.98 Å². The Morgan fingerprint density at radius 1 is 0.935 bits per heavy atom. The molecular formula is C23H23FN4O3. The Morgan fingerprint density at radius 3 is 2.29 bits per heavy atom. The summed E-state index contributed by atoms with van der Waals surface area (Å²) in [5.41, 5.74) is 1.64. The molecule has 1 amide bonds. The third kappa shape index (κ3) is 4.42. The van der Waals surface area contributed by atoms with Gasteiger partial charge in [0.2, 0.25) is 5.88 Å². The number of rotatable bonds is 5. The number of carbonyl (C=O) groups excluding carboxylic acids is 1. The van der Waals surface area contributed by atoms with Crippen molar-refractivity contribution in [3.63, 3.8) is 0 Å². The van der Waals surface area contributed by atoms with E-state index < -0.39 is 5.82 Å². The molecule has 0 unspecified atom stereocenters. The average molecular weight is 422 g/mol. The molecule has 160 valence electrons. The normalized spacial score (nSPS) is 13.8. The molecule has 7 nitrogen and oxygen atoms in total. The number of halogens is 1. The highest BCUT2D eigenvalue weighted by molar-refractivity contribution is 5.95. The van der Waals surface area contributed by atoms with Crippen LogP contribution in [-0.2, 0) is 0 Å². The van der Waals surface area contributed by atoms with Crippen LogP contribution in [0.1, 0.15) is 10.4 Å². The minimum absolute atomic E-state index is 0.0758. The van der Waals surface area contributed by atoms with Crippen molar-refractivity contribution >= 4 is 11.7 Å². The summed E-state index contributed by atoms with van der Waals surface area (Å²) in [7, 11) is 3.14. The maximum absolute atomic E-state index is 14.8. The molecule has 31 heavy (non-hydrogen) atoms. The van der Waals surface area contributed by atoms with E-state index in [-0.39, 0.29) is 11.5 Å². The largest absolute Gasteiger partial charge is 0.497 e. The van der Waals surface area contributed by atoms with Crippen molar-refractivity contribution in [2.24, 2.45) is 0 Å². The summed E-state index contributed by atoms with van der Waals surface area (Å²) in [4.78, 5) is 25.1. The molecule has 1 aliphatic heterocycles. The van der Waals surface area contributed by atoms with Crippen LogP contribution in [0.4, 0.5) is 10.2 Å². The van der Waals surface area contributed by atoms with E-state index in [0.29, 0.717) is 43.4 Å². The number of hydrogen-bond donors (Lipinski definition) is 0. The van der Waals surface area contributed by atoms with Gasteiger partial charge >= 0.3 is 0 Å². The number of nitrogens with zero attached hydrogens (tertiary/aromatic N) is 4. The van der Waals surface area contributed by atoms with Gasteiger partial charge in [-0.1, -0.05) is 18.2 Å². The quantitative estimate of drug-likeness (QED) is 0.629. The van der Waals surface area contributed by atoms with Crippen LogP contribution in [0.5, 0.6) is 11.6 Å². The highest BCUT2D eigenvalue weighted by Crippen LogP contribution is 2.25. The van der Waals surface area contributed by atoms with Crippen LogP contribution < -0.4 is 14.4 Å². The molecule has 2 heterocycles. The molecule has 0 saturated carbocycles. The Bertz CT molecular complexity index is 1070. The number of carbonyl (C=O) groups is 1. The number of ether oxygens (including phenoxy) is 2. The SMILES string of the molecule is COc1ccc(-c2ccc(C(=O)N3CCN(c4cncc(OC)n4)CC3)c(F)c2)cc1. The molecular weight excluding hydrogens is 399 g/mol. The number of amides is 1. The predicted octanol–water partition coefficient (Wildman–Crippen LogP) is 3.26. The van der Waals surface area contributed by atoms with E-state index in [1.165, 1.54) is 6.07 Å². The molecule has 4 rings (SSSR count). The van der Waals surface area contributed by atoms with Crippen molar-refractivity contribution in [2.45, 2.75) is 0 Å². The average Bonchev–Trinajstić information content (AvgIpc) is 2.84. The monoisotopic (exact) mass is 422 g/mol. The predicted molar refractivity (Wildman–Crippen MR) is 115 cm³/mol. The number of anilines is 1. The molecule has 0 radical (unpaired) electrons. The number of methoxy groups -OCH3 is 2. The van der Waals surface area contributed by atoms with Crippen LogP contribution in [0, 0.1) is 5.82 Å². The maximum atomic E-state index is 14.8. The zero-order chi connectivity index (χ0) is 21.8. The molecule has 0 atom stereocenters. The highest BCUT2D eigenvalue weighted by Gasteiger charge is 2.25. The van der Waals surface area contributed by atoms with Crippen molar-refractivity contribution in [3.8, 4) is 22.8 Å². The summed E-state index contributed by atoms with van der Waals surface area (Å²) in [6, 6.07) is 12.1. The number of benzene rings is 2. The maximum Gasteiger partial charge on any atom is 0.256 e. The van der Waals surface area contributed by atoms with Gasteiger partial charge in [-0.25, -0.2) is 4.39 Å². The van der Waals surface area contributed by atoms with Crippen molar-refractivity contribution < 1.29 is 18.7 Å². The van der Waals surface area contributed by atoms with E-state index in [4.69, 9.17) is 9.47 Å². The van der Waals surface area contributed by atoms with Gasteiger partial charge in [-0.3, -0.25) is 9.78 Å². The van der Waals surface area contributed by atoms with Crippen LogP contribution in [0.15, 0.2) is 54.9 Å². The first kappa shape index (κ1) is 20.6. The minimum atomic E-state index is -0.528. The summed E-state index contributed by atoms with van der Waals surface area (Å²) in [5, 5.41) is 0. The molecule has 0 bridgehead atoms. The van der Waals surface area contributed by atoms with Crippen LogP contribution in [0.25, 0.3) is 11.1 Å². The number of aromatic nitrogens is 2. The summed E-state index contributed by atoms with van der Waals surface area (Å²) >= 11 is 0. The van der Waals surface area contributed by atoms with E-state index >= 15 is 0 Å². The third-order valence-electron chi connectivity index (χ3n) is 5.32. The van der Waals surface area contributed by atoms with E-state index in [9.17, 15) is 9.18 Å². The lowest BCUT2D eigenvalue weighted by Crippen LogP contribution is -2.49. The standard InChI is InChI=1S/C23H23FN4O3/c1-30-18-6-3-16(4-7-18)17-5-8-19(20(24)13-17)23(29)28-11-9-27(10-12-28)21-14-25-15-22(26-21)31-2/h3-8,13-15H,9-12H2,1-2H3. The minimum Gasteiger partial charge on any atom is -0.497 e. The molecule has 0 aliphatic carbocycles. The lowest BCUT2D eigenvalue weighted by atomic mass is 10.0. The van der Waals surface area contributed by atoms with E-state index in [1.54, 1.807) is 43.6 Å². The van der Waals surface area contributed by atoms with Gasteiger partial charge in [0.05, 0.1) is 32.2 Å². The Hall–Kier alpha value is -3.68. The molecule has 1 saturated heterocycles. The van der Waals surface area contributed by atoms with Crippen LogP contribution in [0.2, 0.25) is 0 Å². The third-order valence-corrected chi connectivity index (χ3v) is 5.32. The first-order chi connectivity index (χ1) is 15.1.